The van der Waals surface area contributed by atoms with Crippen LogP contribution in [0.1, 0.15) is 58.2 Å². The van der Waals surface area contributed by atoms with E-state index in [1.54, 1.807) is 20.0 Å². The summed E-state index contributed by atoms with van der Waals surface area (Å²) in [6, 6.07) is 25.4. The predicted molar refractivity (Wildman–Crippen MR) is 209 cm³/mol. The molecule has 4 N–H and O–H groups in total. The van der Waals surface area contributed by atoms with Crippen molar-refractivity contribution in [1.29, 1.82) is 0 Å². The van der Waals surface area contributed by atoms with Crippen LogP contribution in [0.2, 0.25) is 0 Å². The minimum atomic E-state index is -1.03. The first-order valence-electron chi connectivity index (χ1n) is 17.1. The lowest BCUT2D eigenvalue weighted by molar-refractivity contribution is -0.131. The lowest BCUT2D eigenvalue weighted by Crippen LogP contribution is -2.54. The molecule has 0 aliphatic rings. The summed E-state index contributed by atoms with van der Waals surface area (Å²) >= 11 is 2.79. The van der Waals surface area contributed by atoms with Gasteiger partial charge in [0.1, 0.15) is 12.1 Å². The Morgan fingerprint density at radius 2 is 1.08 bits per heavy atom. The van der Waals surface area contributed by atoms with E-state index in [9.17, 15) is 24.0 Å². The van der Waals surface area contributed by atoms with E-state index in [4.69, 9.17) is 5.73 Å². The van der Waals surface area contributed by atoms with Crippen molar-refractivity contribution in [3.63, 3.8) is 0 Å². The fourth-order valence-electron chi connectivity index (χ4n) is 5.70. The fraction of sp³-hybridized carbons (Fsp3) is 0.325. The zero-order chi connectivity index (χ0) is 37.8. The highest BCUT2D eigenvalue weighted by Gasteiger charge is 2.27. The summed E-state index contributed by atoms with van der Waals surface area (Å²) in [5.41, 5.74) is 9.07. The van der Waals surface area contributed by atoms with E-state index < -0.39 is 23.9 Å². The Labute approximate surface area is 311 Å². The number of hydrogen-bond donors (Lipinski definition) is 3. The Morgan fingerprint density at radius 3 is 1.52 bits per heavy atom. The van der Waals surface area contributed by atoms with Crippen molar-refractivity contribution in [1.82, 2.24) is 18.5 Å². The number of benzene rings is 3. The average molecular weight is 740 g/mol. The molecule has 0 aliphatic carbocycles. The van der Waals surface area contributed by atoms with Gasteiger partial charge in [-0.3, -0.25) is 31.9 Å². The maximum absolute atomic E-state index is 13.7. The van der Waals surface area contributed by atoms with Crippen LogP contribution in [0.15, 0.2) is 101 Å². The zero-order valence-corrected chi connectivity index (χ0v) is 31.9. The van der Waals surface area contributed by atoms with E-state index >= 15 is 0 Å². The number of aromatic nitrogens is 2. The molecule has 5 rings (SSSR count). The van der Waals surface area contributed by atoms with E-state index in [1.807, 2.05) is 120 Å². The van der Waals surface area contributed by atoms with Gasteiger partial charge < -0.3 is 16.4 Å². The standard InChI is InChI=1S/C40H45N5O5S2/c1-39(2,3)44-35(47)23-32(51-44)28-16-12-26(13-17-28)20-30(37(41)49)43-38(50)31(21-25-10-8-7-9-11-25)42-34(46)22-27-14-18-29(19-15-27)33-24-36(48)45(52-33)40(4,5)6/h7-19,23-24,30-31H,20-22H2,1-6H3,(H2,41,49)(H,42,46)(H,43,50). The van der Waals surface area contributed by atoms with Gasteiger partial charge in [0.15, 0.2) is 0 Å². The van der Waals surface area contributed by atoms with E-state index in [2.05, 4.69) is 10.6 Å². The van der Waals surface area contributed by atoms with Gasteiger partial charge in [-0.2, -0.15) is 0 Å². The lowest BCUT2D eigenvalue weighted by Gasteiger charge is -2.22. The van der Waals surface area contributed by atoms with Gasteiger partial charge in [0.25, 0.3) is 11.1 Å². The maximum Gasteiger partial charge on any atom is 0.261 e. The summed E-state index contributed by atoms with van der Waals surface area (Å²) in [7, 11) is 0. The van der Waals surface area contributed by atoms with Crippen molar-refractivity contribution in [3.8, 4) is 20.9 Å². The molecule has 0 fully saturated rings. The van der Waals surface area contributed by atoms with Crippen LogP contribution in [-0.4, -0.2) is 37.7 Å². The first-order valence-corrected chi connectivity index (χ1v) is 18.6. The van der Waals surface area contributed by atoms with Crippen LogP contribution in [0.4, 0.5) is 0 Å². The number of rotatable bonds is 12. The van der Waals surface area contributed by atoms with Crippen LogP contribution in [0.5, 0.6) is 0 Å². The number of nitrogens with two attached hydrogens (primary N) is 1. The molecule has 0 bridgehead atoms. The first-order chi connectivity index (χ1) is 24.5. The molecule has 2 heterocycles. The topological polar surface area (TPSA) is 145 Å². The van der Waals surface area contributed by atoms with E-state index in [0.29, 0.717) is 0 Å². The minimum Gasteiger partial charge on any atom is -0.368 e. The predicted octanol–water partition coefficient (Wildman–Crippen LogP) is 5.46. The molecule has 0 saturated heterocycles. The molecule has 52 heavy (non-hydrogen) atoms. The molecule has 0 spiro atoms. The highest BCUT2D eigenvalue weighted by Crippen LogP contribution is 2.28. The molecule has 2 unspecified atom stereocenters. The highest BCUT2D eigenvalue weighted by atomic mass is 32.1. The van der Waals surface area contributed by atoms with Gasteiger partial charge in [-0.1, -0.05) is 102 Å². The van der Waals surface area contributed by atoms with Crippen molar-refractivity contribution in [2.24, 2.45) is 5.73 Å². The molecule has 12 heteroatoms. The molecule has 2 atom stereocenters. The van der Waals surface area contributed by atoms with E-state index in [0.717, 1.165) is 37.6 Å². The van der Waals surface area contributed by atoms with Gasteiger partial charge in [-0.05, 0) is 69.4 Å². The maximum atomic E-state index is 13.7. The molecule has 2 aromatic heterocycles. The number of hydrogen-bond acceptors (Lipinski definition) is 7. The third kappa shape index (κ3) is 9.62. The highest BCUT2D eigenvalue weighted by molar-refractivity contribution is 7.10. The molecular formula is C40H45N5O5S2. The average Bonchev–Trinajstić information content (AvgIpc) is 3.68. The summed E-state index contributed by atoms with van der Waals surface area (Å²) in [6.45, 7) is 11.9. The number of nitrogens with one attached hydrogen (secondary N) is 2. The second kappa shape index (κ2) is 15.7. The van der Waals surface area contributed by atoms with Crippen LogP contribution in [0, 0.1) is 0 Å². The van der Waals surface area contributed by atoms with Gasteiger partial charge in [0.05, 0.1) is 27.3 Å². The quantitative estimate of drug-likeness (QED) is 0.156. The van der Waals surface area contributed by atoms with Crippen molar-refractivity contribution in [2.45, 2.75) is 84.0 Å². The first kappa shape index (κ1) is 38.2. The number of amides is 3. The van der Waals surface area contributed by atoms with Crippen molar-refractivity contribution in [2.75, 3.05) is 0 Å². The molecule has 0 radical (unpaired) electrons. The number of carbonyl (C=O) groups excluding carboxylic acids is 3. The number of carbonyl (C=O) groups is 3. The zero-order valence-electron chi connectivity index (χ0n) is 30.3. The van der Waals surface area contributed by atoms with Gasteiger partial charge in [-0.15, -0.1) is 0 Å². The molecule has 3 aromatic carbocycles. The Morgan fingerprint density at radius 1 is 0.635 bits per heavy atom. The summed E-state index contributed by atoms with van der Waals surface area (Å²) < 4.78 is 3.47. The molecule has 0 saturated carbocycles. The second-order valence-corrected chi connectivity index (χ2v) is 16.8. The molecule has 3 amide bonds. The van der Waals surface area contributed by atoms with Crippen LogP contribution in [0.3, 0.4) is 0 Å². The molecule has 0 aliphatic heterocycles. The van der Waals surface area contributed by atoms with Crippen molar-refractivity contribution >= 4 is 40.8 Å². The number of nitrogens with zero attached hydrogens (tertiary/aromatic N) is 2. The summed E-state index contributed by atoms with van der Waals surface area (Å²) in [6.07, 6.45) is 0.378. The largest absolute Gasteiger partial charge is 0.368 e. The van der Waals surface area contributed by atoms with Crippen LogP contribution < -0.4 is 27.5 Å². The molecule has 272 valence electrons. The Bertz CT molecular complexity index is 2150. The summed E-state index contributed by atoms with van der Waals surface area (Å²) in [4.78, 5) is 66.3. The van der Waals surface area contributed by atoms with Crippen LogP contribution in [0.25, 0.3) is 20.9 Å². The van der Waals surface area contributed by atoms with Crippen LogP contribution >= 0.6 is 23.1 Å². The second-order valence-electron chi connectivity index (χ2n) is 14.9. The van der Waals surface area contributed by atoms with E-state index in [-0.39, 0.29) is 47.4 Å². The normalized spacial score (nSPS) is 13.0. The summed E-state index contributed by atoms with van der Waals surface area (Å²) in [5, 5.41) is 5.64. The summed E-state index contributed by atoms with van der Waals surface area (Å²) in [5.74, 6) is -1.59. The lowest BCUT2D eigenvalue weighted by atomic mass is 10.0. The van der Waals surface area contributed by atoms with Crippen molar-refractivity contribution < 1.29 is 14.4 Å². The number of primary amides is 1. The molecule has 10 nitrogen and oxygen atoms in total. The van der Waals surface area contributed by atoms with Gasteiger partial charge in [0, 0.05) is 25.0 Å². The molecular weight excluding hydrogens is 695 g/mol. The smallest absolute Gasteiger partial charge is 0.261 e. The fourth-order valence-corrected chi connectivity index (χ4v) is 7.72. The van der Waals surface area contributed by atoms with Gasteiger partial charge in [0.2, 0.25) is 17.7 Å². The SMILES string of the molecule is CC(C)(C)n1sc(-c2ccc(CC(=O)NC(Cc3ccccc3)C(=O)NC(Cc3ccc(-c4cc(=O)n(C(C)(C)C)s4)cc3)C(N)=O)cc2)cc1=O. The van der Waals surface area contributed by atoms with Gasteiger partial charge in [-0.25, -0.2) is 0 Å². The Balaban J connectivity index is 1.27. The Kier molecular flexibility index (Phi) is 11.5. The van der Waals surface area contributed by atoms with Crippen LogP contribution in [-0.2, 0) is 44.7 Å². The third-order valence-electron chi connectivity index (χ3n) is 8.38. The molecule has 5 aromatic rings. The third-order valence-corrected chi connectivity index (χ3v) is 11.3. The van der Waals surface area contributed by atoms with Crippen molar-refractivity contribution in [3.05, 3.63) is 128 Å². The Hall–Kier alpha value is -5.07. The van der Waals surface area contributed by atoms with E-state index in [1.165, 1.54) is 23.1 Å². The van der Waals surface area contributed by atoms with Gasteiger partial charge >= 0.3 is 0 Å². The monoisotopic (exact) mass is 739 g/mol. The minimum absolute atomic E-state index is 0.0253.